The molecule has 0 unspecified atom stereocenters. The quantitative estimate of drug-likeness (QED) is 0.397. The van der Waals surface area contributed by atoms with Crippen LogP contribution in [0.2, 0.25) is 0 Å². The van der Waals surface area contributed by atoms with Gasteiger partial charge in [0.05, 0.1) is 12.1 Å². The largest absolute Gasteiger partial charge is 0.324 e. The molecule has 0 bridgehead atoms. The molecule has 0 aliphatic rings. The maximum Gasteiger partial charge on any atom is 0.251 e. The van der Waals surface area contributed by atoms with E-state index >= 15 is 0 Å². The van der Waals surface area contributed by atoms with Crippen molar-refractivity contribution in [2.45, 2.75) is 45.6 Å². The van der Waals surface area contributed by atoms with Crippen molar-refractivity contribution in [3.05, 3.63) is 77.8 Å². The van der Waals surface area contributed by atoms with Gasteiger partial charge in [-0.05, 0) is 53.8 Å². The summed E-state index contributed by atoms with van der Waals surface area (Å²) in [6, 6.07) is 17.4. The zero-order valence-electron chi connectivity index (χ0n) is 18.5. The van der Waals surface area contributed by atoms with E-state index in [-0.39, 0.29) is 11.3 Å². The van der Waals surface area contributed by atoms with Crippen molar-refractivity contribution in [2.24, 2.45) is 0 Å². The zero-order valence-corrected chi connectivity index (χ0v) is 18.5. The molecule has 0 fully saturated rings. The highest BCUT2D eigenvalue weighted by atomic mass is 16.2. The molecule has 5 heteroatoms. The van der Waals surface area contributed by atoms with E-state index in [4.69, 9.17) is 6.57 Å². The molecule has 3 aromatic carbocycles. The summed E-state index contributed by atoms with van der Waals surface area (Å²) in [6.45, 7) is 17.6. The number of fused-ring (bicyclic) bond motifs is 2. The molecule has 5 nitrogen and oxygen atoms in total. The molecule has 1 heterocycles. The number of anilines is 1. The van der Waals surface area contributed by atoms with E-state index in [0.717, 1.165) is 21.7 Å². The number of aromatic nitrogens is 2. The van der Waals surface area contributed by atoms with Crippen LogP contribution in [0.25, 0.3) is 26.5 Å². The number of nitrogens with zero attached hydrogens (tertiary/aromatic N) is 3. The Bertz CT molecular complexity index is 1350. The van der Waals surface area contributed by atoms with E-state index < -0.39 is 5.54 Å². The van der Waals surface area contributed by atoms with Crippen molar-refractivity contribution in [1.29, 1.82) is 0 Å². The fourth-order valence-corrected chi connectivity index (χ4v) is 3.65. The standard InChI is InChI=1S/C26H26N4O/c1-25(2,3)18-11-12-21-17(15-18)16-30(29-21)26(4,5)24(31)28-23-14-13-22(27-6)19-9-7-8-10-20(19)23/h7-16H,1-5H3,(H,28,31). The minimum absolute atomic E-state index is 0.0434. The average Bonchev–Trinajstić information content (AvgIpc) is 3.17. The molecule has 0 radical (unpaired) electrons. The number of amides is 1. The zero-order chi connectivity index (χ0) is 22.4. The maximum atomic E-state index is 13.3. The Hall–Kier alpha value is -3.65. The predicted octanol–water partition coefficient (Wildman–Crippen LogP) is 6.41. The molecule has 4 aromatic rings. The first kappa shape index (κ1) is 20.6. The summed E-state index contributed by atoms with van der Waals surface area (Å²) in [6.07, 6.45) is 1.93. The van der Waals surface area contributed by atoms with Gasteiger partial charge in [0.1, 0.15) is 5.54 Å². The second kappa shape index (κ2) is 7.24. The summed E-state index contributed by atoms with van der Waals surface area (Å²) in [4.78, 5) is 16.9. The van der Waals surface area contributed by atoms with Gasteiger partial charge >= 0.3 is 0 Å². The molecule has 4 rings (SSSR count). The van der Waals surface area contributed by atoms with E-state index in [9.17, 15) is 4.79 Å². The molecule has 0 saturated heterocycles. The normalized spacial score (nSPS) is 12.1. The van der Waals surface area contributed by atoms with E-state index in [1.807, 2.05) is 50.4 Å². The predicted molar refractivity (Wildman–Crippen MR) is 127 cm³/mol. The second-order valence-electron chi connectivity index (χ2n) is 9.40. The van der Waals surface area contributed by atoms with Crippen LogP contribution >= 0.6 is 0 Å². The van der Waals surface area contributed by atoms with Gasteiger partial charge in [0.2, 0.25) is 0 Å². The van der Waals surface area contributed by atoms with Crippen molar-refractivity contribution in [1.82, 2.24) is 9.78 Å². The van der Waals surface area contributed by atoms with Crippen LogP contribution in [0.1, 0.15) is 40.2 Å². The molecule has 1 aromatic heterocycles. The van der Waals surface area contributed by atoms with Gasteiger partial charge < -0.3 is 5.32 Å². The fourth-order valence-electron chi connectivity index (χ4n) is 3.65. The number of hydrogen-bond donors (Lipinski definition) is 1. The van der Waals surface area contributed by atoms with Gasteiger partial charge in [-0.1, -0.05) is 57.2 Å². The van der Waals surface area contributed by atoms with Gasteiger partial charge in [0.15, 0.2) is 5.69 Å². The summed E-state index contributed by atoms with van der Waals surface area (Å²) in [5.74, 6) is -0.169. The van der Waals surface area contributed by atoms with Crippen LogP contribution in [0.3, 0.4) is 0 Å². The highest BCUT2D eigenvalue weighted by Gasteiger charge is 2.31. The average molecular weight is 411 g/mol. The molecule has 0 spiro atoms. The van der Waals surface area contributed by atoms with Crippen LogP contribution in [0.4, 0.5) is 11.4 Å². The van der Waals surface area contributed by atoms with E-state index in [0.29, 0.717) is 11.4 Å². The van der Waals surface area contributed by atoms with Crippen molar-refractivity contribution in [3.63, 3.8) is 0 Å². The number of nitrogens with one attached hydrogen (secondary N) is 1. The summed E-state index contributed by atoms with van der Waals surface area (Å²) in [7, 11) is 0. The first-order valence-corrected chi connectivity index (χ1v) is 10.3. The number of carbonyl (C=O) groups is 1. The van der Waals surface area contributed by atoms with Gasteiger partial charge in [-0.2, -0.15) is 5.10 Å². The number of rotatable bonds is 3. The smallest absolute Gasteiger partial charge is 0.251 e. The van der Waals surface area contributed by atoms with Crippen molar-refractivity contribution >= 4 is 39.0 Å². The van der Waals surface area contributed by atoms with Gasteiger partial charge in [-0.3, -0.25) is 9.48 Å². The van der Waals surface area contributed by atoms with Crippen LogP contribution in [0, 0.1) is 6.57 Å². The Kier molecular flexibility index (Phi) is 4.82. The summed E-state index contributed by atoms with van der Waals surface area (Å²) < 4.78 is 1.73. The molecule has 1 amide bonds. The molecule has 0 aliphatic carbocycles. The van der Waals surface area contributed by atoms with Crippen LogP contribution < -0.4 is 5.32 Å². The van der Waals surface area contributed by atoms with E-state index in [2.05, 4.69) is 48.2 Å². The highest BCUT2D eigenvalue weighted by Crippen LogP contribution is 2.33. The van der Waals surface area contributed by atoms with Gasteiger partial charge in [-0.15, -0.1) is 0 Å². The van der Waals surface area contributed by atoms with Crippen LogP contribution in [0.15, 0.2) is 60.8 Å². The highest BCUT2D eigenvalue weighted by molar-refractivity contribution is 6.08. The Balaban J connectivity index is 1.69. The number of benzene rings is 3. The third-order valence-electron chi connectivity index (χ3n) is 5.77. The van der Waals surface area contributed by atoms with Crippen molar-refractivity contribution in [3.8, 4) is 0 Å². The molecule has 1 N–H and O–H groups in total. The van der Waals surface area contributed by atoms with Crippen LogP contribution in [-0.4, -0.2) is 15.7 Å². The summed E-state index contributed by atoms with van der Waals surface area (Å²) in [5.41, 5.74) is 2.49. The molecule has 156 valence electrons. The monoisotopic (exact) mass is 410 g/mol. The van der Waals surface area contributed by atoms with Crippen LogP contribution in [-0.2, 0) is 15.7 Å². The van der Waals surface area contributed by atoms with E-state index in [1.165, 1.54) is 5.56 Å². The topological polar surface area (TPSA) is 51.3 Å². The minimum atomic E-state index is -0.902. The third-order valence-corrected chi connectivity index (χ3v) is 5.77. The third kappa shape index (κ3) is 3.66. The van der Waals surface area contributed by atoms with Gasteiger partial charge in [-0.25, -0.2) is 4.85 Å². The number of hydrogen-bond acceptors (Lipinski definition) is 2. The molecule has 0 aliphatic heterocycles. The maximum absolute atomic E-state index is 13.3. The lowest BCUT2D eigenvalue weighted by Gasteiger charge is -2.24. The Morgan fingerprint density at radius 1 is 1.00 bits per heavy atom. The molecule has 0 saturated carbocycles. The van der Waals surface area contributed by atoms with Gasteiger partial charge in [0.25, 0.3) is 5.91 Å². The summed E-state index contributed by atoms with van der Waals surface area (Å²) >= 11 is 0. The summed E-state index contributed by atoms with van der Waals surface area (Å²) in [5, 5.41) is 10.4. The second-order valence-corrected chi connectivity index (χ2v) is 9.40. The van der Waals surface area contributed by atoms with Crippen molar-refractivity contribution < 1.29 is 4.79 Å². The van der Waals surface area contributed by atoms with Crippen molar-refractivity contribution in [2.75, 3.05) is 5.32 Å². The Labute approximate surface area is 182 Å². The number of carbonyl (C=O) groups excluding carboxylic acids is 1. The molecule has 31 heavy (non-hydrogen) atoms. The minimum Gasteiger partial charge on any atom is -0.324 e. The van der Waals surface area contributed by atoms with Gasteiger partial charge in [0, 0.05) is 17.3 Å². The first-order chi connectivity index (χ1) is 14.6. The fraction of sp³-hybridized carbons (Fsp3) is 0.269. The SMILES string of the molecule is [C-]#[N+]c1ccc(NC(=O)C(C)(C)n2cc3cc(C(C)(C)C)ccc3n2)c2ccccc12. The Morgan fingerprint density at radius 3 is 2.39 bits per heavy atom. The Morgan fingerprint density at radius 2 is 1.71 bits per heavy atom. The lowest BCUT2D eigenvalue weighted by atomic mass is 9.86. The molecular weight excluding hydrogens is 384 g/mol. The molecular formula is C26H26N4O. The van der Waals surface area contributed by atoms with Crippen LogP contribution in [0.5, 0.6) is 0 Å². The first-order valence-electron chi connectivity index (χ1n) is 10.3. The lowest BCUT2D eigenvalue weighted by molar-refractivity contribution is -0.123. The lowest BCUT2D eigenvalue weighted by Crippen LogP contribution is -2.40. The molecule has 0 atom stereocenters. The van der Waals surface area contributed by atoms with E-state index in [1.54, 1.807) is 16.8 Å².